The molecule has 0 bridgehead atoms. The van der Waals surface area contributed by atoms with Gasteiger partial charge in [-0.2, -0.15) is 11.8 Å². The van der Waals surface area contributed by atoms with Crippen molar-refractivity contribution in [1.82, 2.24) is 19.3 Å². The van der Waals surface area contributed by atoms with Crippen LogP contribution in [0.25, 0.3) is 5.65 Å². The number of carbonyl (C=O) groups excluding carboxylic acids is 1. The van der Waals surface area contributed by atoms with E-state index < -0.39 is 18.0 Å². The zero-order valence-electron chi connectivity index (χ0n) is 12.1. The molecule has 0 radical (unpaired) electrons. The molecule has 2 aromatic heterocycles. The van der Waals surface area contributed by atoms with Crippen LogP contribution in [0.3, 0.4) is 0 Å². The Balaban J connectivity index is 1.93. The van der Waals surface area contributed by atoms with Gasteiger partial charge in [-0.3, -0.25) is 14.2 Å². The highest BCUT2D eigenvalue weighted by molar-refractivity contribution is 8.00. The molecule has 1 aliphatic heterocycles. The van der Waals surface area contributed by atoms with Gasteiger partial charge < -0.3 is 4.90 Å². The minimum atomic E-state index is -2.80. The van der Waals surface area contributed by atoms with E-state index in [4.69, 9.17) is 0 Å². The number of fused-ring (bicyclic) bond motifs is 1. The third kappa shape index (κ3) is 2.79. The molecule has 3 heterocycles. The van der Waals surface area contributed by atoms with E-state index in [1.807, 2.05) is 11.8 Å². The Morgan fingerprint density at radius 2 is 2.41 bits per heavy atom. The molecule has 1 fully saturated rings. The van der Waals surface area contributed by atoms with Gasteiger partial charge in [0, 0.05) is 31.2 Å². The van der Waals surface area contributed by atoms with Gasteiger partial charge in [-0.15, -0.1) is 0 Å². The fourth-order valence-electron chi connectivity index (χ4n) is 2.65. The van der Waals surface area contributed by atoms with E-state index in [1.165, 1.54) is 27.9 Å². The summed E-state index contributed by atoms with van der Waals surface area (Å²) in [4.78, 5) is 21.9. The summed E-state index contributed by atoms with van der Waals surface area (Å²) >= 11 is 1.83. The Hall–Kier alpha value is -1.70. The lowest BCUT2D eigenvalue weighted by Gasteiger charge is -2.21. The number of nitrogens with zero attached hydrogens (tertiary/aromatic N) is 4. The Morgan fingerprint density at radius 1 is 1.59 bits per heavy atom. The smallest absolute Gasteiger partial charge is 0.282 e. The van der Waals surface area contributed by atoms with Crippen LogP contribution in [0, 0.1) is 0 Å². The number of alkyl halides is 2. The molecule has 2 aromatic rings. The molecule has 1 atom stereocenters. The molecule has 0 aliphatic carbocycles. The second-order valence-electron chi connectivity index (χ2n) is 5.27. The van der Waals surface area contributed by atoms with Crippen LogP contribution in [0.4, 0.5) is 8.78 Å². The lowest BCUT2D eigenvalue weighted by atomic mass is 10.2. The van der Waals surface area contributed by atoms with Crippen LogP contribution in [0.15, 0.2) is 18.6 Å². The molecule has 3 rings (SSSR count). The summed E-state index contributed by atoms with van der Waals surface area (Å²) < 4.78 is 27.8. The lowest BCUT2D eigenvalue weighted by Crippen LogP contribution is -2.33. The average molecular weight is 326 g/mol. The second kappa shape index (κ2) is 6.20. The standard InChI is InChI=1S/C14H16F2N4OS/c1-19(8-9-3-2-6-22-9)14(21)12-11(13(15)16)18-10-7-17-4-5-20(10)12/h4-5,7,9,13H,2-3,6,8H2,1H3. The first kappa shape index (κ1) is 15.2. The van der Waals surface area contributed by atoms with Crippen LogP contribution in [0.1, 0.15) is 35.4 Å². The van der Waals surface area contributed by atoms with Crippen LogP contribution in [-0.2, 0) is 0 Å². The van der Waals surface area contributed by atoms with Crippen molar-refractivity contribution >= 4 is 23.3 Å². The summed E-state index contributed by atoms with van der Waals surface area (Å²) in [6, 6.07) is 0. The summed E-state index contributed by atoms with van der Waals surface area (Å²) in [5.74, 6) is 0.664. The van der Waals surface area contributed by atoms with Gasteiger partial charge in [0.2, 0.25) is 0 Å². The zero-order chi connectivity index (χ0) is 15.7. The van der Waals surface area contributed by atoms with Crippen molar-refractivity contribution in [3.63, 3.8) is 0 Å². The van der Waals surface area contributed by atoms with E-state index in [0.717, 1.165) is 18.6 Å². The summed E-state index contributed by atoms with van der Waals surface area (Å²) in [7, 11) is 1.65. The maximum atomic E-state index is 13.2. The number of halogens is 2. The van der Waals surface area contributed by atoms with E-state index in [2.05, 4.69) is 9.97 Å². The number of hydrogen-bond acceptors (Lipinski definition) is 4. The first-order chi connectivity index (χ1) is 10.6. The molecule has 1 amide bonds. The number of thioether (sulfide) groups is 1. The van der Waals surface area contributed by atoms with Gasteiger partial charge in [-0.05, 0) is 18.6 Å². The highest BCUT2D eigenvalue weighted by atomic mass is 32.2. The Kier molecular flexibility index (Phi) is 4.28. The van der Waals surface area contributed by atoms with Crippen molar-refractivity contribution in [2.75, 3.05) is 19.3 Å². The molecule has 1 saturated heterocycles. The molecule has 1 unspecified atom stereocenters. The molecular formula is C14H16F2N4OS. The summed E-state index contributed by atoms with van der Waals surface area (Å²) in [6.45, 7) is 0.560. The van der Waals surface area contributed by atoms with Gasteiger partial charge in [0.1, 0.15) is 11.4 Å². The first-order valence-electron chi connectivity index (χ1n) is 7.05. The van der Waals surface area contributed by atoms with E-state index in [-0.39, 0.29) is 11.3 Å². The molecule has 118 valence electrons. The summed E-state index contributed by atoms with van der Waals surface area (Å²) in [5, 5.41) is 0.379. The highest BCUT2D eigenvalue weighted by Gasteiger charge is 2.29. The predicted octanol–water partition coefficient (Wildman–Crippen LogP) is 2.63. The number of hydrogen-bond donors (Lipinski definition) is 0. The van der Waals surface area contributed by atoms with Crippen molar-refractivity contribution in [3.8, 4) is 0 Å². The monoisotopic (exact) mass is 326 g/mol. The van der Waals surface area contributed by atoms with Gasteiger partial charge in [-0.1, -0.05) is 0 Å². The van der Waals surface area contributed by atoms with Crippen molar-refractivity contribution in [3.05, 3.63) is 30.0 Å². The Bertz CT molecular complexity index is 685. The summed E-state index contributed by atoms with van der Waals surface area (Å²) in [5.41, 5.74) is -0.299. The van der Waals surface area contributed by atoms with Gasteiger partial charge in [0.05, 0.1) is 6.20 Å². The number of rotatable bonds is 4. The molecule has 0 spiro atoms. The van der Waals surface area contributed by atoms with Crippen molar-refractivity contribution in [2.24, 2.45) is 0 Å². The zero-order valence-corrected chi connectivity index (χ0v) is 12.9. The quantitative estimate of drug-likeness (QED) is 0.867. The Labute approximate surface area is 130 Å². The average Bonchev–Trinajstić information content (AvgIpc) is 3.13. The van der Waals surface area contributed by atoms with E-state index >= 15 is 0 Å². The molecular weight excluding hydrogens is 310 g/mol. The third-order valence-electron chi connectivity index (χ3n) is 3.71. The normalized spacial score (nSPS) is 18.3. The predicted molar refractivity (Wildman–Crippen MR) is 80.4 cm³/mol. The minimum absolute atomic E-state index is 0.0714. The van der Waals surface area contributed by atoms with E-state index in [9.17, 15) is 13.6 Å². The first-order valence-corrected chi connectivity index (χ1v) is 8.10. The third-order valence-corrected chi connectivity index (χ3v) is 5.10. The van der Waals surface area contributed by atoms with E-state index in [1.54, 1.807) is 7.05 Å². The second-order valence-corrected chi connectivity index (χ2v) is 6.68. The SMILES string of the molecule is CN(CC1CCCS1)C(=O)c1c(C(F)F)nc2cnccn12. The minimum Gasteiger partial charge on any atom is -0.339 e. The maximum Gasteiger partial charge on any atom is 0.282 e. The van der Waals surface area contributed by atoms with Crippen LogP contribution in [0.2, 0.25) is 0 Å². The molecule has 1 aliphatic rings. The topological polar surface area (TPSA) is 50.5 Å². The molecule has 8 heteroatoms. The largest absolute Gasteiger partial charge is 0.339 e. The lowest BCUT2D eigenvalue weighted by molar-refractivity contribution is 0.0774. The van der Waals surface area contributed by atoms with Crippen molar-refractivity contribution in [1.29, 1.82) is 0 Å². The number of aromatic nitrogens is 3. The van der Waals surface area contributed by atoms with Gasteiger partial charge >= 0.3 is 0 Å². The summed E-state index contributed by atoms with van der Waals surface area (Å²) in [6.07, 6.45) is 3.71. The number of imidazole rings is 1. The van der Waals surface area contributed by atoms with Crippen LogP contribution >= 0.6 is 11.8 Å². The molecule has 0 saturated carbocycles. The molecule has 5 nitrogen and oxygen atoms in total. The fraction of sp³-hybridized carbons (Fsp3) is 0.500. The van der Waals surface area contributed by atoms with Gasteiger partial charge in [0.15, 0.2) is 5.65 Å². The highest BCUT2D eigenvalue weighted by Crippen LogP contribution is 2.28. The van der Waals surface area contributed by atoms with Crippen molar-refractivity contribution < 1.29 is 13.6 Å². The van der Waals surface area contributed by atoms with Gasteiger partial charge in [-0.25, -0.2) is 13.8 Å². The van der Waals surface area contributed by atoms with Crippen LogP contribution in [0.5, 0.6) is 0 Å². The fourth-order valence-corrected chi connectivity index (χ4v) is 3.98. The Morgan fingerprint density at radius 3 is 3.09 bits per heavy atom. The van der Waals surface area contributed by atoms with Crippen LogP contribution < -0.4 is 0 Å². The molecule has 0 aromatic carbocycles. The maximum absolute atomic E-state index is 13.2. The molecule has 22 heavy (non-hydrogen) atoms. The number of carbonyl (C=O) groups is 1. The van der Waals surface area contributed by atoms with E-state index in [0.29, 0.717) is 11.8 Å². The molecule has 0 N–H and O–H groups in total. The van der Waals surface area contributed by atoms with Gasteiger partial charge in [0.25, 0.3) is 12.3 Å². The number of amides is 1. The van der Waals surface area contributed by atoms with Crippen LogP contribution in [-0.4, -0.2) is 49.8 Å². The van der Waals surface area contributed by atoms with Crippen molar-refractivity contribution in [2.45, 2.75) is 24.5 Å².